The smallest absolute Gasteiger partial charge is 0.0465 e. The Hall–Kier alpha value is -8.72. The van der Waals surface area contributed by atoms with Crippen LogP contribution in [0.5, 0.6) is 0 Å². The molecule has 0 bridgehead atoms. The summed E-state index contributed by atoms with van der Waals surface area (Å²) in [6, 6.07) is 86.4. The third-order valence-corrected chi connectivity index (χ3v) is 13.6. The summed E-state index contributed by atoms with van der Waals surface area (Å²) in [6.45, 7) is 17.7. The highest BCUT2D eigenvalue weighted by molar-refractivity contribution is 5.97. The van der Waals surface area contributed by atoms with Crippen molar-refractivity contribution in [2.75, 3.05) is 9.80 Å². The van der Waals surface area contributed by atoms with Crippen molar-refractivity contribution in [2.45, 2.75) is 40.0 Å². The average molecular weight is 931 g/mol. The number of hydrogen-bond acceptors (Lipinski definition) is 2. The minimum atomic E-state index is -0.245. The van der Waals surface area contributed by atoms with Crippen LogP contribution in [0.2, 0.25) is 0 Å². The fourth-order valence-electron chi connectivity index (χ4n) is 9.79. The Labute approximate surface area is 427 Å². The molecule has 0 N–H and O–H groups in total. The summed E-state index contributed by atoms with van der Waals surface area (Å²) in [5, 5.41) is 2.52. The molecule has 0 radical (unpaired) electrons. The molecule has 1 aliphatic rings. The summed E-state index contributed by atoms with van der Waals surface area (Å²) in [5.74, 6) is 0. The van der Waals surface area contributed by atoms with Crippen LogP contribution in [-0.4, -0.2) is 0 Å². The summed E-state index contributed by atoms with van der Waals surface area (Å²) in [5.41, 5.74) is 20.3. The standard InChI is InChI=1S/C62H48N2.C4H8.C4H6/c1-43-14-12-21-53(40-43)64(52-34-30-49(31-35-52)57-23-13-18-48-17-10-11-22-56(48)57)55-37-39-59-58-38-36-54(41-60(58)62(2,3)61(59)42-55)63(50-19-8-5-9-20-50)51-32-28-47(29-33-51)46-26-24-45(25-27-46)44-15-6-4-7-16-44;2*1-3-4-2/h4-42H,1-3H3;3-4H,1-2H3;3-4H,1-2H2/b;4-3-;. The van der Waals surface area contributed by atoms with Crippen LogP contribution in [0, 0.1) is 6.92 Å². The molecule has 0 saturated heterocycles. The maximum atomic E-state index is 3.36. The lowest BCUT2D eigenvalue weighted by Crippen LogP contribution is -2.17. The van der Waals surface area contributed by atoms with Crippen molar-refractivity contribution >= 4 is 44.9 Å². The topological polar surface area (TPSA) is 6.48 Å². The summed E-state index contributed by atoms with van der Waals surface area (Å²) in [7, 11) is 0. The van der Waals surface area contributed by atoms with Gasteiger partial charge in [0, 0.05) is 39.5 Å². The van der Waals surface area contributed by atoms with Gasteiger partial charge in [-0.25, -0.2) is 0 Å². The summed E-state index contributed by atoms with van der Waals surface area (Å²) < 4.78 is 0. The molecule has 2 nitrogen and oxygen atoms in total. The van der Waals surface area contributed by atoms with Crippen molar-refractivity contribution < 1.29 is 0 Å². The molecular formula is C70H62N2. The lowest BCUT2D eigenvalue weighted by Gasteiger charge is -2.29. The first kappa shape index (κ1) is 48.3. The normalized spacial score (nSPS) is 11.8. The Morgan fingerprint density at radius 3 is 1.26 bits per heavy atom. The number of aryl methyl sites for hydroxylation is 1. The van der Waals surface area contributed by atoms with Crippen LogP contribution in [0.25, 0.3) is 55.3 Å². The van der Waals surface area contributed by atoms with E-state index in [1.54, 1.807) is 12.2 Å². The van der Waals surface area contributed by atoms with Gasteiger partial charge in [0.05, 0.1) is 0 Å². The predicted molar refractivity (Wildman–Crippen MR) is 313 cm³/mol. The van der Waals surface area contributed by atoms with E-state index in [0.29, 0.717) is 0 Å². The van der Waals surface area contributed by atoms with E-state index in [9.17, 15) is 0 Å². The van der Waals surface area contributed by atoms with Crippen molar-refractivity contribution in [3.8, 4) is 44.5 Å². The van der Waals surface area contributed by atoms with Crippen LogP contribution < -0.4 is 9.80 Å². The second-order valence-electron chi connectivity index (χ2n) is 18.6. The van der Waals surface area contributed by atoms with Crippen LogP contribution in [-0.2, 0) is 5.41 Å². The fraction of sp³-hybridized carbons (Fsp3) is 0.0857. The molecule has 0 heterocycles. The van der Waals surface area contributed by atoms with E-state index in [-0.39, 0.29) is 5.41 Å². The van der Waals surface area contributed by atoms with Gasteiger partial charge in [0.2, 0.25) is 0 Å². The lowest BCUT2D eigenvalue weighted by molar-refractivity contribution is 0.660. The van der Waals surface area contributed by atoms with E-state index in [1.165, 1.54) is 72.0 Å². The Kier molecular flexibility index (Phi) is 14.7. The van der Waals surface area contributed by atoms with Crippen molar-refractivity contribution in [3.63, 3.8) is 0 Å². The monoisotopic (exact) mass is 930 g/mol. The molecule has 0 atom stereocenters. The van der Waals surface area contributed by atoms with Gasteiger partial charge >= 0.3 is 0 Å². The molecule has 0 fully saturated rings. The number of para-hydroxylation sites is 1. The number of benzene rings is 10. The predicted octanol–water partition coefficient (Wildman–Crippen LogP) is 20.3. The van der Waals surface area contributed by atoms with Crippen LogP contribution in [0.4, 0.5) is 34.1 Å². The summed E-state index contributed by atoms with van der Waals surface area (Å²) in [6.07, 6.45) is 7.28. The van der Waals surface area contributed by atoms with Crippen LogP contribution in [0.15, 0.2) is 274 Å². The van der Waals surface area contributed by atoms with Gasteiger partial charge in [0.1, 0.15) is 0 Å². The van der Waals surface area contributed by atoms with Gasteiger partial charge < -0.3 is 9.80 Å². The van der Waals surface area contributed by atoms with Crippen LogP contribution >= 0.6 is 0 Å². The molecule has 10 aromatic carbocycles. The maximum absolute atomic E-state index is 3.36. The van der Waals surface area contributed by atoms with E-state index < -0.39 is 0 Å². The Bertz CT molecular complexity index is 3460. The van der Waals surface area contributed by atoms with Crippen molar-refractivity contribution in [3.05, 3.63) is 291 Å². The van der Waals surface area contributed by atoms with Gasteiger partial charge in [-0.05, 0) is 166 Å². The van der Waals surface area contributed by atoms with E-state index in [2.05, 4.69) is 280 Å². The van der Waals surface area contributed by atoms with Crippen LogP contribution in [0.3, 0.4) is 0 Å². The van der Waals surface area contributed by atoms with Gasteiger partial charge in [-0.2, -0.15) is 0 Å². The highest BCUT2D eigenvalue weighted by Crippen LogP contribution is 2.52. The highest BCUT2D eigenvalue weighted by Gasteiger charge is 2.37. The van der Waals surface area contributed by atoms with Gasteiger partial charge in [0.25, 0.3) is 0 Å². The zero-order chi connectivity index (χ0) is 50.0. The fourth-order valence-corrected chi connectivity index (χ4v) is 9.79. The molecule has 0 spiro atoms. The molecular weight excluding hydrogens is 869 g/mol. The van der Waals surface area contributed by atoms with Crippen molar-refractivity contribution in [2.24, 2.45) is 0 Å². The molecule has 0 unspecified atom stereocenters. The number of fused-ring (bicyclic) bond motifs is 4. The Morgan fingerprint density at radius 1 is 0.347 bits per heavy atom. The van der Waals surface area contributed by atoms with Crippen LogP contribution in [0.1, 0.15) is 44.4 Å². The third kappa shape index (κ3) is 10.1. The molecule has 0 aliphatic heterocycles. The number of rotatable bonds is 10. The summed E-state index contributed by atoms with van der Waals surface area (Å²) in [4.78, 5) is 4.79. The molecule has 2 heteroatoms. The lowest BCUT2D eigenvalue weighted by atomic mass is 9.82. The van der Waals surface area contributed by atoms with Crippen molar-refractivity contribution in [1.29, 1.82) is 0 Å². The maximum Gasteiger partial charge on any atom is 0.0465 e. The largest absolute Gasteiger partial charge is 0.310 e. The van der Waals surface area contributed by atoms with E-state index >= 15 is 0 Å². The quantitative estimate of drug-likeness (QED) is 0.0996. The Morgan fingerprint density at radius 2 is 0.736 bits per heavy atom. The first-order chi connectivity index (χ1) is 35.2. The summed E-state index contributed by atoms with van der Waals surface area (Å²) >= 11 is 0. The number of allylic oxidation sites excluding steroid dienone is 4. The van der Waals surface area contributed by atoms with Crippen molar-refractivity contribution in [1.82, 2.24) is 0 Å². The molecule has 10 aromatic rings. The SMILES string of the molecule is C/C=C\C.C=CC=C.Cc1cccc(N(c2ccc(-c3cccc4ccccc34)cc2)c2ccc3c(c2)C(C)(C)c2cc(N(c4ccccc4)c4ccc(-c5ccc(-c6ccccc6)cc5)cc4)ccc2-3)c1. The minimum Gasteiger partial charge on any atom is -0.310 e. The molecule has 1 aliphatic carbocycles. The van der Waals surface area contributed by atoms with Gasteiger partial charge in [-0.1, -0.05) is 215 Å². The molecule has 0 saturated carbocycles. The number of anilines is 6. The Balaban J connectivity index is 0.000000747. The number of nitrogens with zero attached hydrogens (tertiary/aromatic N) is 2. The van der Waals surface area contributed by atoms with E-state index in [0.717, 1.165) is 34.1 Å². The minimum absolute atomic E-state index is 0.245. The first-order valence-electron chi connectivity index (χ1n) is 24.9. The van der Waals surface area contributed by atoms with E-state index in [4.69, 9.17) is 0 Å². The van der Waals surface area contributed by atoms with Gasteiger partial charge in [0.15, 0.2) is 0 Å². The zero-order valence-corrected chi connectivity index (χ0v) is 42.1. The van der Waals surface area contributed by atoms with Gasteiger partial charge in [-0.15, -0.1) is 0 Å². The second kappa shape index (κ2) is 21.9. The first-order valence-corrected chi connectivity index (χ1v) is 24.9. The number of hydrogen-bond donors (Lipinski definition) is 0. The molecule has 0 aromatic heterocycles. The van der Waals surface area contributed by atoms with Gasteiger partial charge in [-0.3, -0.25) is 0 Å². The second-order valence-corrected chi connectivity index (χ2v) is 18.6. The molecule has 352 valence electrons. The highest BCUT2D eigenvalue weighted by atomic mass is 15.1. The molecule has 72 heavy (non-hydrogen) atoms. The van der Waals surface area contributed by atoms with E-state index in [1.807, 2.05) is 26.0 Å². The zero-order valence-electron chi connectivity index (χ0n) is 42.1. The molecule has 11 rings (SSSR count). The molecule has 0 amide bonds. The average Bonchev–Trinajstić information content (AvgIpc) is 3.66. The third-order valence-electron chi connectivity index (χ3n) is 13.6.